The number of rotatable bonds is 2. The van der Waals surface area contributed by atoms with E-state index in [1.165, 1.54) is 5.56 Å². The van der Waals surface area contributed by atoms with Gasteiger partial charge in [0.1, 0.15) is 0 Å². The van der Waals surface area contributed by atoms with Crippen LogP contribution in [0.2, 0.25) is 0 Å². The Morgan fingerprint density at radius 3 is 2.12 bits per heavy atom. The van der Waals surface area contributed by atoms with E-state index in [-0.39, 0.29) is 23.9 Å². The Hall–Kier alpha value is -1.04. The standard InChI is InChI=1S/C13H18N2.ClH/c1-13(2,3)11-6-4-10(5-7-11)12(15)8-9-14;/h4-7,12H,8,15H2,1-3H3;1H/t12-;/m1./s1. The largest absolute Gasteiger partial charge is 0.323 e. The Bertz CT molecular complexity index is 357. The van der Waals surface area contributed by atoms with Crippen molar-refractivity contribution in [2.24, 2.45) is 5.73 Å². The van der Waals surface area contributed by atoms with Crippen LogP contribution in [0, 0.1) is 11.3 Å². The van der Waals surface area contributed by atoms with Gasteiger partial charge in [0.25, 0.3) is 0 Å². The molecule has 0 fully saturated rings. The third kappa shape index (κ3) is 3.84. The molecule has 1 atom stereocenters. The number of benzene rings is 1. The smallest absolute Gasteiger partial charge is 0.0641 e. The first-order valence-corrected chi connectivity index (χ1v) is 5.18. The third-order valence-electron chi connectivity index (χ3n) is 2.52. The van der Waals surface area contributed by atoms with Crippen molar-refractivity contribution in [3.05, 3.63) is 35.4 Å². The summed E-state index contributed by atoms with van der Waals surface area (Å²) in [5.74, 6) is 0. The van der Waals surface area contributed by atoms with Gasteiger partial charge in [-0.25, -0.2) is 0 Å². The quantitative estimate of drug-likeness (QED) is 0.859. The van der Waals surface area contributed by atoms with Crippen molar-refractivity contribution in [1.29, 1.82) is 5.26 Å². The minimum absolute atomic E-state index is 0. The molecule has 0 aliphatic carbocycles. The lowest BCUT2D eigenvalue weighted by Gasteiger charge is -2.19. The highest BCUT2D eigenvalue weighted by atomic mass is 35.5. The van der Waals surface area contributed by atoms with Crippen molar-refractivity contribution in [3.8, 4) is 6.07 Å². The highest BCUT2D eigenvalue weighted by molar-refractivity contribution is 5.85. The molecule has 0 spiro atoms. The predicted octanol–water partition coefficient (Wildman–Crippen LogP) is 3.32. The van der Waals surface area contributed by atoms with Gasteiger partial charge in [-0.15, -0.1) is 12.4 Å². The normalized spacial score (nSPS) is 12.4. The SMILES string of the molecule is CC(C)(C)c1ccc([C@H](N)CC#N)cc1.Cl. The van der Waals surface area contributed by atoms with Gasteiger partial charge in [0.05, 0.1) is 12.5 Å². The fourth-order valence-electron chi connectivity index (χ4n) is 1.45. The molecule has 0 aliphatic rings. The summed E-state index contributed by atoms with van der Waals surface area (Å²) in [4.78, 5) is 0. The van der Waals surface area contributed by atoms with Crippen LogP contribution < -0.4 is 5.73 Å². The van der Waals surface area contributed by atoms with Crippen LogP contribution in [0.5, 0.6) is 0 Å². The zero-order valence-corrected chi connectivity index (χ0v) is 10.8. The Kier molecular flexibility index (Phi) is 5.50. The Labute approximate surface area is 104 Å². The first-order chi connectivity index (χ1) is 6.95. The number of nitriles is 1. The molecule has 0 aliphatic heterocycles. The number of hydrogen-bond donors (Lipinski definition) is 1. The van der Waals surface area contributed by atoms with Crippen LogP contribution in [0.15, 0.2) is 24.3 Å². The van der Waals surface area contributed by atoms with E-state index in [1.54, 1.807) is 0 Å². The van der Waals surface area contributed by atoms with E-state index >= 15 is 0 Å². The van der Waals surface area contributed by atoms with Gasteiger partial charge in [-0.1, -0.05) is 45.0 Å². The summed E-state index contributed by atoms with van der Waals surface area (Å²) in [7, 11) is 0. The summed E-state index contributed by atoms with van der Waals surface area (Å²) >= 11 is 0. The Balaban J connectivity index is 0.00000225. The molecule has 0 bridgehead atoms. The Morgan fingerprint density at radius 2 is 1.75 bits per heavy atom. The molecule has 0 unspecified atom stereocenters. The Morgan fingerprint density at radius 1 is 1.25 bits per heavy atom. The lowest BCUT2D eigenvalue weighted by Crippen LogP contribution is -2.13. The third-order valence-corrected chi connectivity index (χ3v) is 2.52. The van der Waals surface area contributed by atoms with Gasteiger partial charge in [-0.2, -0.15) is 5.26 Å². The fourth-order valence-corrected chi connectivity index (χ4v) is 1.45. The summed E-state index contributed by atoms with van der Waals surface area (Å²) in [5.41, 5.74) is 8.33. The van der Waals surface area contributed by atoms with Gasteiger partial charge in [0, 0.05) is 6.04 Å². The fraction of sp³-hybridized carbons (Fsp3) is 0.462. The van der Waals surface area contributed by atoms with Crippen LogP contribution in [0.4, 0.5) is 0 Å². The molecule has 2 nitrogen and oxygen atoms in total. The number of nitrogens with two attached hydrogens (primary N) is 1. The van der Waals surface area contributed by atoms with E-state index in [0.29, 0.717) is 6.42 Å². The van der Waals surface area contributed by atoms with Crippen molar-refractivity contribution in [3.63, 3.8) is 0 Å². The van der Waals surface area contributed by atoms with Crippen molar-refractivity contribution in [2.75, 3.05) is 0 Å². The van der Waals surface area contributed by atoms with Crippen LogP contribution in [0.1, 0.15) is 44.4 Å². The van der Waals surface area contributed by atoms with Crippen LogP contribution >= 0.6 is 12.4 Å². The molecule has 1 aromatic carbocycles. The second kappa shape index (κ2) is 5.89. The summed E-state index contributed by atoms with van der Waals surface area (Å²) < 4.78 is 0. The molecule has 0 aromatic heterocycles. The van der Waals surface area contributed by atoms with Crippen molar-refractivity contribution in [1.82, 2.24) is 0 Å². The van der Waals surface area contributed by atoms with E-state index in [0.717, 1.165) is 5.56 Å². The second-order valence-corrected chi connectivity index (χ2v) is 4.84. The maximum absolute atomic E-state index is 8.55. The molecule has 0 heterocycles. The highest BCUT2D eigenvalue weighted by Gasteiger charge is 2.13. The number of halogens is 1. The molecule has 16 heavy (non-hydrogen) atoms. The van der Waals surface area contributed by atoms with E-state index in [2.05, 4.69) is 39.0 Å². The summed E-state index contributed by atoms with van der Waals surface area (Å²) in [6.07, 6.45) is 0.370. The minimum atomic E-state index is -0.163. The second-order valence-electron chi connectivity index (χ2n) is 4.84. The van der Waals surface area contributed by atoms with Gasteiger partial charge in [0.2, 0.25) is 0 Å². The van der Waals surface area contributed by atoms with Crippen LogP contribution in [0.25, 0.3) is 0 Å². The van der Waals surface area contributed by atoms with Crippen molar-refractivity contribution in [2.45, 2.75) is 38.6 Å². The van der Waals surface area contributed by atoms with Crippen molar-refractivity contribution < 1.29 is 0 Å². The van der Waals surface area contributed by atoms with Crippen LogP contribution in [0.3, 0.4) is 0 Å². The lowest BCUT2D eigenvalue weighted by atomic mass is 9.86. The first-order valence-electron chi connectivity index (χ1n) is 5.18. The maximum Gasteiger partial charge on any atom is 0.0641 e. The molecule has 1 rings (SSSR count). The molecular weight excluding hydrogens is 220 g/mol. The van der Waals surface area contributed by atoms with Gasteiger partial charge in [0.15, 0.2) is 0 Å². The van der Waals surface area contributed by atoms with Gasteiger partial charge < -0.3 is 5.73 Å². The van der Waals surface area contributed by atoms with E-state index < -0.39 is 0 Å². The highest BCUT2D eigenvalue weighted by Crippen LogP contribution is 2.23. The average Bonchev–Trinajstić information content (AvgIpc) is 2.17. The molecular formula is C13H19ClN2. The van der Waals surface area contributed by atoms with Gasteiger partial charge >= 0.3 is 0 Å². The predicted molar refractivity (Wildman–Crippen MR) is 69.5 cm³/mol. The molecule has 0 radical (unpaired) electrons. The monoisotopic (exact) mass is 238 g/mol. The summed E-state index contributed by atoms with van der Waals surface area (Å²) in [6, 6.07) is 10.1. The topological polar surface area (TPSA) is 49.8 Å². The van der Waals surface area contributed by atoms with Crippen LogP contribution in [-0.4, -0.2) is 0 Å². The molecule has 88 valence electrons. The summed E-state index contributed by atoms with van der Waals surface area (Å²) in [6.45, 7) is 6.53. The minimum Gasteiger partial charge on any atom is -0.323 e. The number of nitrogens with zero attached hydrogens (tertiary/aromatic N) is 1. The van der Waals surface area contributed by atoms with Crippen molar-refractivity contribution >= 4 is 12.4 Å². The van der Waals surface area contributed by atoms with Gasteiger partial charge in [-0.05, 0) is 16.5 Å². The lowest BCUT2D eigenvalue weighted by molar-refractivity contribution is 0.589. The molecule has 3 heteroatoms. The zero-order valence-electron chi connectivity index (χ0n) is 10.0. The molecule has 1 aromatic rings. The number of hydrogen-bond acceptors (Lipinski definition) is 2. The molecule has 0 saturated carbocycles. The molecule has 0 saturated heterocycles. The van der Waals surface area contributed by atoms with E-state index in [4.69, 9.17) is 11.0 Å². The van der Waals surface area contributed by atoms with E-state index in [9.17, 15) is 0 Å². The zero-order chi connectivity index (χ0) is 11.5. The maximum atomic E-state index is 8.55. The molecule has 2 N–H and O–H groups in total. The first kappa shape index (κ1) is 15.0. The van der Waals surface area contributed by atoms with E-state index in [1.807, 2.05) is 12.1 Å². The molecule has 0 amide bonds. The van der Waals surface area contributed by atoms with Gasteiger partial charge in [-0.3, -0.25) is 0 Å². The summed E-state index contributed by atoms with van der Waals surface area (Å²) in [5, 5.41) is 8.55. The average molecular weight is 239 g/mol. The van der Waals surface area contributed by atoms with Crippen LogP contribution in [-0.2, 0) is 5.41 Å².